The Hall–Kier alpha value is -2.77. The molecule has 5 nitrogen and oxygen atoms in total. The van der Waals surface area contributed by atoms with E-state index in [1.807, 2.05) is 13.0 Å². The minimum atomic E-state index is -0.991. The molecular weight excluding hydrogens is 401 g/mol. The molecule has 0 saturated heterocycles. The summed E-state index contributed by atoms with van der Waals surface area (Å²) in [6, 6.07) is 9.98. The highest BCUT2D eigenvalue weighted by Crippen LogP contribution is 2.41. The minimum absolute atomic E-state index is 0.0413. The van der Waals surface area contributed by atoms with Crippen molar-refractivity contribution in [3.63, 3.8) is 0 Å². The van der Waals surface area contributed by atoms with Crippen LogP contribution in [-0.2, 0) is 7.05 Å². The molecule has 0 atom stereocenters. The van der Waals surface area contributed by atoms with Gasteiger partial charge in [0.05, 0.1) is 28.0 Å². The zero-order chi connectivity index (χ0) is 20.0. The van der Waals surface area contributed by atoms with Crippen LogP contribution in [0.25, 0.3) is 16.6 Å². The summed E-state index contributed by atoms with van der Waals surface area (Å²) < 4.78 is 18.4. The van der Waals surface area contributed by atoms with E-state index in [-0.39, 0.29) is 10.6 Å². The lowest BCUT2D eigenvalue weighted by Gasteiger charge is -2.07. The third-order valence-corrected chi connectivity index (χ3v) is 5.95. The van der Waals surface area contributed by atoms with Crippen LogP contribution >= 0.6 is 23.4 Å². The smallest absolute Gasteiger partial charge is 0.335 e. The molecule has 0 bridgehead atoms. The van der Waals surface area contributed by atoms with E-state index in [1.54, 1.807) is 46.9 Å². The van der Waals surface area contributed by atoms with Crippen molar-refractivity contribution in [2.45, 2.75) is 16.7 Å². The van der Waals surface area contributed by atoms with Gasteiger partial charge in [0.1, 0.15) is 0 Å². The van der Waals surface area contributed by atoms with Gasteiger partial charge in [-0.1, -0.05) is 29.4 Å². The first-order valence-electron chi connectivity index (χ1n) is 8.36. The van der Waals surface area contributed by atoms with E-state index in [0.717, 1.165) is 21.2 Å². The Kier molecular flexibility index (Phi) is 4.64. The molecule has 1 N–H and O–H groups in total. The summed E-state index contributed by atoms with van der Waals surface area (Å²) in [6.07, 6.45) is 3.46. The molecule has 4 aromatic rings. The first kappa shape index (κ1) is 18.6. The fourth-order valence-electron chi connectivity index (χ4n) is 3.19. The van der Waals surface area contributed by atoms with Crippen LogP contribution in [0.4, 0.5) is 4.39 Å². The predicted molar refractivity (Wildman–Crippen MR) is 107 cm³/mol. The maximum absolute atomic E-state index is 15.0. The average Bonchev–Trinajstić information content (AvgIpc) is 3.20. The van der Waals surface area contributed by atoms with Gasteiger partial charge in [-0.3, -0.25) is 4.68 Å². The fourth-order valence-corrected chi connectivity index (χ4v) is 4.43. The van der Waals surface area contributed by atoms with Crippen LogP contribution in [0, 0.1) is 12.7 Å². The summed E-state index contributed by atoms with van der Waals surface area (Å²) in [4.78, 5) is 12.9. The Morgan fingerprint density at radius 2 is 2.07 bits per heavy atom. The van der Waals surface area contributed by atoms with E-state index in [2.05, 4.69) is 5.10 Å². The van der Waals surface area contributed by atoms with Crippen molar-refractivity contribution in [3.05, 3.63) is 70.9 Å². The zero-order valence-corrected chi connectivity index (χ0v) is 16.6. The van der Waals surface area contributed by atoms with Crippen molar-refractivity contribution >= 4 is 40.2 Å². The third kappa shape index (κ3) is 3.06. The van der Waals surface area contributed by atoms with Gasteiger partial charge < -0.3 is 9.67 Å². The summed E-state index contributed by atoms with van der Waals surface area (Å²) in [5.74, 6) is -1.49. The van der Waals surface area contributed by atoms with E-state index in [4.69, 9.17) is 11.6 Å². The number of carboxylic acids is 1. The van der Waals surface area contributed by atoms with Crippen molar-refractivity contribution in [3.8, 4) is 5.69 Å². The van der Waals surface area contributed by atoms with Gasteiger partial charge in [-0.2, -0.15) is 5.10 Å². The molecule has 8 heteroatoms. The molecule has 2 aromatic heterocycles. The summed E-state index contributed by atoms with van der Waals surface area (Å²) in [7, 11) is 1.79. The normalized spacial score (nSPS) is 11.3. The Balaban J connectivity index is 1.95. The summed E-state index contributed by atoms with van der Waals surface area (Å²) in [6.45, 7) is 1.89. The van der Waals surface area contributed by atoms with Crippen LogP contribution in [0.1, 0.15) is 16.1 Å². The number of nitrogens with zero attached hydrogens (tertiary/aromatic N) is 3. The number of hydrogen-bond acceptors (Lipinski definition) is 3. The second-order valence-electron chi connectivity index (χ2n) is 6.31. The first-order chi connectivity index (χ1) is 13.4. The standard InChI is InChI=1S/C20H15ClFN3O2S/c1-11-19(28-14-5-3-4-12(8-14)20(26)27)15-6-7-16(21)17(22)18(15)25(11)13-9-23-24(2)10-13/h3-10H,1-2H3,(H,26,27). The molecule has 2 heterocycles. The van der Waals surface area contributed by atoms with Gasteiger partial charge >= 0.3 is 5.97 Å². The molecule has 28 heavy (non-hydrogen) atoms. The lowest BCUT2D eigenvalue weighted by atomic mass is 10.2. The Morgan fingerprint density at radius 3 is 2.75 bits per heavy atom. The average molecular weight is 416 g/mol. The molecule has 142 valence electrons. The maximum atomic E-state index is 15.0. The van der Waals surface area contributed by atoms with E-state index >= 15 is 0 Å². The molecule has 0 radical (unpaired) electrons. The van der Waals surface area contributed by atoms with Gasteiger partial charge in [0.2, 0.25) is 0 Å². The number of carbonyl (C=O) groups is 1. The van der Waals surface area contributed by atoms with Crippen molar-refractivity contribution in [2.75, 3.05) is 0 Å². The van der Waals surface area contributed by atoms with Crippen LogP contribution in [0.3, 0.4) is 0 Å². The number of aromatic nitrogens is 3. The minimum Gasteiger partial charge on any atom is -0.478 e. The van der Waals surface area contributed by atoms with Gasteiger partial charge in [0, 0.05) is 34.1 Å². The molecule has 0 fully saturated rings. The van der Waals surface area contributed by atoms with Crippen LogP contribution in [0.5, 0.6) is 0 Å². The summed E-state index contributed by atoms with van der Waals surface area (Å²) in [5, 5.41) is 14.2. The molecule has 2 aromatic carbocycles. The first-order valence-corrected chi connectivity index (χ1v) is 9.55. The summed E-state index contributed by atoms with van der Waals surface area (Å²) in [5.41, 5.74) is 2.11. The molecule has 0 aliphatic rings. The van der Waals surface area contributed by atoms with Crippen LogP contribution in [0.15, 0.2) is 58.6 Å². The Bertz CT molecular complexity index is 1230. The monoisotopic (exact) mass is 415 g/mol. The largest absolute Gasteiger partial charge is 0.478 e. The molecule has 0 spiro atoms. The molecule has 0 aliphatic carbocycles. The lowest BCUT2D eigenvalue weighted by molar-refractivity contribution is 0.0696. The molecular formula is C20H15ClFN3O2S. The van der Waals surface area contributed by atoms with Gasteiger partial charge in [0.15, 0.2) is 5.82 Å². The fraction of sp³-hybridized carbons (Fsp3) is 0.100. The highest BCUT2D eigenvalue weighted by Gasteiger charge is 2.22. The second kappa shape index (κ2) is 7.00. The molecule has 0 amide bonds. The van der Waals surface area contributed by atoms with Gasteiger partial charge in [-0.15, -0.1) is 0 Å². The van der Waals surface area contributed by atoms with E-state index in [0.29, 0.717) is 10.9 Å². The van der Waals surface area contributed by atoms with E-state index in [1.165, 1.54) is 23.9 Å². The quantitative estimate of drug-likeness (QED) is 0.490. The predicted octanol–water partition coefficient (Wildman–Crippen LogP) is 5.31. The Morgan fingerprint density at radius 1 is 1.29 bits per heavy atom. The highest BCUT2D eigenvalue weighted by molar-refractivity contribution is 7.99. The van der Waals surface area contributed by atoms with E-state index < -0.39 is 11.8 Å². The number of benzene rings is 2. The highest BCUT2D eigenvalue weighted by atomic mass is 35.5. The van der Waals surface area contributed by atoms with Gasteiger partial charge in [-0.25, -0.2) is 9.18 Å². The van der Waals surface area contributed by atoms with Crippen molar-refractivity contribution in [2.24, 2.45) is 7.05 Å². The van der Waals surface area contributed by atoms with Crippen molar-refractivity contribution in [1.29, 1.82) is 0 Å². The summed E-state index contributed by atoms with van der Waals surface area (Å²) >= 11 is 7.44. The molecule has 4 rings (SSSR count). The van der Waals surface area contributed by atoms with E-state index in [9.17, 15) is 14.3 Å². The molecule has 0 saturated carbocycles. The zero-order valence-electron chi connectivity index (χ0n) is 15.0. The van der Waals surface area contributed by atoms with Crippen molar-refractivity contribution in [1.82, 2.24) is 14.3 Å². The van der Waals surface area contributed by atoms with Crippen molar-refractivity contribution < 1.29 is 14.3 Å². The topological polar surface area (TPSA) is 60.0 Å². The number of carboxylic acid groups (broad SMARTS) is 1. The molecule has 0 aliphatic heterocycles. The van der Waals surface area contributed by atoms with Crippen LogP contribution in [0.2, 0.25) is 5.02 Å². The van der Waals surface area contributed by atoms with Crippen LogP contribution in [-0.4, -0.2) is 25.4 Å². The number of halogens is 2. The van der Waals surface area contributed by atoms with Crippen LogP contribution < -0.4 is 0 Å². The maximum Gasteiger partial charge on any atom is 0.335 e. The molecule has 0 unspecified atom stereocenters. The number of aromatic carboxylic acids is 1. The SMILES string of the molecule is Cc1c(Sc2cccc(C(=O)O)c2)c2ccc(Cl)c(F)c2n1-c1cnn(C)c1. The number of aryl methyl sites for hydroxylation is 1. The lowest BCUT2D eigenvalue weighted by Crippen LogP contribution is -1.97. The number of hydrogen-bond donors (Lipinski definition) is 1. The van der Waals surface area contributed by atoms with Gasteiger partial charge in [0.25, 0.3) is 0 Å². The number of fused-ring (bicyclic) bond motifs is 1. The second-order valence-corrected chi connectivity index (χ2v) is 7.81. The third-order valence-electron chi connectivity index (χ3n) is 4.45. The van der Waals surface area contributed by atoms with Gasteiger partial charge in [-0.05, 0) is 37.3 Å². The Labute approximate surface area is 169 Å². The number of rotatable bonds is 4.